The van der Waals surface area contributed by atoms with Gasteiger partial charge in [-0.25, -0.2) is 22.8 Å². The first-order valence-electron chi connectivity index (χ1n) is 12.8. The topological polar surface area (TPSA) is 92.6 Å². The first-order valence-corrected chi connectivity index (χ1v) is 15.0. The normalized spacial score (nSPS) is 21.4. The molecule has 2 unspecified atom stereocenters. The number of nitrogens with zero attached hydrogens (tertiary/aromatic N) is 5. The number of morpholine rings is 1. The first-order chi connectivity index (χ1) is 18.9. The lowest BCUT2D eigenvalue weighted by Gasteiger charge is -2.47. The predicted octanol–water partition coefficient (Wildman–Crippen LogP) is 4.28. The van der Waals surface area contributed by atoms with Gasteiger partial charge in [0.15, 0.2) is 0 Å². The molecule has 0 radical (unpaired) electrons. The molecule has 2 fully saturated rings. The van der Waals surface area contributed by atoms with Gasteiger partial charge in [-0.15, -0.1) is 11.3 Å². The fourth-order valence-electron chi connectivity index (χ4n) is 5.30. The molecule has 4 aromatic rings. The molecular formula is C27H29FN6O3S2. The van der Waals surface area contributed by atoms with Gasteiger partial charge in [-0.05, 0) is 48.9 Å². The maximum Gasteiger partial charge on any atom is 0.252 e. The second-order valence-electron chi connectivity index (χ2n) is 9.72. The third kappa shape index (κ3) is 5.22. The average Bonchev–Trinajstić information content (AvgIpc) is 3.64. The molecule has 0 amide bonds. The number of fused-ring (bicyclic) bond motifs is 1. The number of imidazole rings is 1. The number of piperazine rings is 1. The van der Waals surface area contributed by atoms with Gasteiger partial charge in [-0.1, -0.05) is 18.2 Å². The molecule has 204 valence electrons. The largest absolute Gasteiger partial charge is 0.378 e. The van der Waals surface area contributed by atoms with Crippen LogP contribution in [0.15, 0.2) is 77.5 Å². The number of ether oxygens (including phenoxy) is 1. The molecule has 1 N–H and O–H groups in total. The number of thiophene rings is 1. The van der Waals surface area contributed by atoms with Crippen molar-refractivity contribution in [3.8, 4) is 0 Å². The zero-order valence-electron chi connectivity index (χ0n) is 21.4. The van der Waals surface area contributed by atoms with Crippen LogP contribution in [0.1, 0.15) is 30.3 Å². The summed E-state index contributed by atoms with van der Waals surface area (Å²) in [7, 11) is -3.66. The minimum atomic E-state index is -3.66. The predicted molar refractivity (Wildman–Crippen MR) is 147 cm³/mol. The fourth-order valence-corrected chi connectivity index (χ4v) is 8.14. The Morgan fingerprint density at radius 2 is 1.95 bits per heavy atom. The molecule has 0 saturated carbocycles. The molecule has 2 saturated heterocycles. The average molecular weight is 569 g/mol. The number of benzene rings is 1. The van der Waals surface area contributed by atoms with E-state index < -0.39 is 10.0 Å². The van der Waals surface area contributed by atoms with Gasteiger partial charge in [-0.2, -0.15) is 4.31 Å². The van der Waals surface area contributed by atoms with Crippen molar-refractivity contribution < 1.29 is 17.5 Å². The Morgan fingerprint density at radius 3 is 2.74 bits per heavy atom. The van der Waals surface area contributed by atoms with Crippen molar-refractivity contribution in [3.63, 3.8) is 0 Å². The standard InChI is InChI=1S/C27H29FN6O3S2/c1-19(20-5-7-21(28)8-6-20)34-18-29-14-23(34)24-17-37-16-22-15-32(12-13-33(22)24)39(35,36)27-10-9-26(38-27)31-25-4-2-3-11-30-25/h2-11,14,18-19,22,24H,12-13,15-17H2,1H3,(H,30,31)/t19-,22?,24?/m1/s1. The number of anilines is 2. The number of pyridine rings is 1. The van der Waals surface area contributed by atoms with Gasteiger partial charge in [0.25, 0.3) is 10.0 Å². The van der Waals surface area contributed by atoms with Crippen molar-refractivity contribution >= 4 is 32.2 Å². The maximum atomic E-state index is 13.6. The van der Waals surface area contributed by atoms with E-state index in [0.29, 0.717) is 42.9 Å². The molecule has 12 heteroatoms. The van der Waals surface area contributed by atoms with Crippen LogP contribution in [0.4, 0.5) is 15.2 Å². The quantitative estimate of drug-likeness (QED) is 0.356. The molecule has 1 aromatic carbocycles. The third-order valence-electron chi connectivity index (χ3n) is 7.38. The summed E-state index contributed by atoms with van der Waals surface area (Å²) in [5.41, 5.74) is 1.98. The Bertz CT molecular complexity index is 1530. The Labute approximate surface area is 230 Å². The van der Waals surface area contributed by atoms with Crippen molar-refractivity contribution in [1.82, 2.24) is 23.7 Å². The SMILES string of the molecule is C[C@H](c1ccc(F)cc1)n1cncc1C1COCC2CN(S(=O)(=O)c3ccc(Nc4ccccn4)s3)CCN21. The van der Waals surface area contributed by atoms with E-state index in [-0.39, 0.29) is 23.9 Å². The van der Waals surface area contributed by atoms with Crippen molar-refractivity contribution in [2.45, 2.75) is 29.3 Å². The van der Waals surface area contributed by atoms with E-state index in [0.717, 1.165) is 16.3 Å². The van der Waals surface area contributed by atoms with Gasteiger partial charge in [-0.3, -0.25) is 4.90 Å². The summed E-state index contributed by atoms with van der Waals surface area (Å²) in [4.78, 5) is 11.0. The second kappa shape index (κ2) is 10.8. The van der Waals surface area contributed by atoms with Crippen LogP contribution in [0.25, 0.3) is 0 Å². The lowest BCUT2D eigenvalue weighted by Crippen LogP contribution is -2.60. The number of hydrogen-bond donors (Lipinski definition) is 1. The molecule has 9 nitrogen and oxygen atoms in total. The summed E-state index contributed by atoms with van der Waals surface area (Å²) >= 11 is 1.20. The Hall–Kier alpha value is -3.16. The highest BCUT2D eigenvalue weighted by Gasteiger charge is 2.41. The monoisotopic (exact) mass is 568 g/mol. The van der Waals surface area contributed by atoms with Crippen LogP contribution in [0.5, 0.6) is 0 Å². The zero-order valence-corrected chi connectivity index (χ0v) is 23.0. The molecule has 3 atom stereocenters. The Balaban J connectivity index is 1.17. The highest BCUT2D eigenvalue weighted by atomic mass is 32.2. The van der Waals surface area contributed by atoms with Gasteiger partial charge < -0.3 is 14.6 Å². The van der Waals surface area contributed by atoms with Crippen LogP contribution in [0, 0.1) is 5.82 Å². The molecule has 2 aliphatic rings. The van der Waals surface area contributed by atoms with Crippen LogP contribution in [-0.2, 0) is 14.8 Å². The lowest BCUT2D eigenvalue weighted by molar-refractivity contribution is -0.0731. The molecular weight excluding hydrogens is 539 g/mol. The maximum absolute atomic E-state index is 13.6. The van der Waals surface area contributed by atoms with Gasteiger partial charge in [0, 0.05) is 38.1 Å². The fraction of sp³-hybridized carbons (Fsp3) is 0.333. The highest BCUT2D eigenvalue weighted by molar-refractivity contribution is 7.91. The van der Waals surface area contributed by atoms with Gasteiger partial charge in [0.05, 0.1) is 42.3 Å². The molecule has 0 spiro atoms. The number of sulfonamides is 1. The summed E-state index contributed by atoms with van der Waals surface area (Å²) in [5, 5.41) is 3.88. The molecule has 3 aromatic heterocycles. The smallest absolute Gasteiger partial charge is 0.252 e. The molecule has 6 rings (SSSR count). The van der Waals surface area contributed by atoms with Crippen molar-refractivity contribution in [1.29, 1.82) is 0 Å². The first kappa shape index (κ1) is 26.1. The molecule has 39 heavy (non-hydrogen) atoms. The summed E-state index contributed by atoms with van der Waals surface area (Å²) < 4.78 is 50.5. The molecule has 2 aliphatic heterocycles. The van der Waals surface area contributed by atoms with Crippen molar-refractivity contribution in [2.24, 2.45) is 0 Å². The number of aromatic nitrogens is 3. The Kier molecular flexibility index (Phi) is 7.21. The summed E-state index contributed by atoms with van der Waals surface area (Å²) in [6, 6.07) is 15.3. The van der Waals surface area contributed by atoms with Crippen LogP contribution >= 0.6 is 11.3 Å². The van der Waals surface area contributed by atoms with E-state index in [1.807, 2.05) is 24.4 Å². The van der Waals surface area contributed by atoms with Crippen LogP contribution in [0.2, 0.25) is 0 Å². The number of nitrogens with one attached hydrogen (secondary N) is 1. The molecule has 5 heterocycles. The zero-order chi connectivity index (χ0) is 27.0. The minimum Gasteiger partial charge on any atom is -0.378 e. The van der Waals surface area contributed by atoms with Crippen molar-refractivity contribution in [2.75, 3.05) is 38.2 Å². The minimum absolute atomic E-state index is 0.0436. The van der Waals surface area contributed by atoms with Gasteiger partial charge in [0.1, 0.15) is 15.8 Å². The van der Waals surface area contributed by atoms with E-state index in [4.69, 9.17) is 4.74 Å². The van der Waals surface area contributed by atoms with E-state index in [9.17, 15) is 12.8 Å². The number of rotatable bonds is 7. The van der Waals surface area contributed by atoms with Crippen LogP contribution in [-0.4, -0.2) is 71.0 Å². The van der Waals surface area contributed by atoms with E-state index >= 15 is 0 Å². The van der Waals surface area contributed by atoms with Crippen molar-refractivity contribution in [3.05, 3.63) is 90.4 Å². The van der Waals surface area contributed by atoms with E-state index in [1.54, 1.807) is 41.1 Å². The summed E-state index contributed by atoms with van der Waals surface area (Å²) in [6.45, 7) is 4.33. The molecule has 0 aliphatic carbocycles. The van der Waals surface area contributed by atoms with Gasteiger partial charge in [0.2, 0.25) is 0 Å². The summed E-state index contributed by atoms with van der Waals surface area (Å²) in [6.07, 6.45) is 5.32. The number of hydrogen-bond acceptors (Lipinski definition) is 8. The lowest BCUT2D eigenvalue weighted by atomic mass is 10.0. The highest BCUT2D eigenvalue weighted by Crippen LogP contribution is 2.35. The second-order valence-corrected chi connectivity index (χ2v) is 13.0. The van der Waals surface area contributed by atoms with E-state index in [2.05, 4.69) is 31.7 Å². The number of halogens is 1. The van der Waals surface area contributed by atoms with E-state index in [1.165, 1.54) is 23.5 Å². The Morgan fingerprint density at radius 1 is 1.10 bits per heavy atom. The molecule has 0 bridgehead atoms. The van der Waals surface area contributed by atoms with Crippen LogP contribution < -0.4 is 5.32 Å². The van der Waals surface area contributed by atoms with Gasteiger partial charge >= 0.3 is 0 Å². The summed E-state index contributed by atoms with van der Waals surface area (Å²) in [5.74, 6) is 0.395. The third-order valence-corrected chi connectivity index (χ3v) is 10.7. The van der Waals surface area contributed by atoms with Crippen LogP contribution in [0.3, 0.4) is 0 Å².